The van der Waals surface area contributed by atoms with Crippen LogP contribution in [0.4, 0.5) is 0 Å². The molecule has 1 aliphatic rings. The van der Waals surface area contributed by atoms with Crippen LogP contribution in [-0.4, -0.2) is 40.2 Å². The standard InChI is InChI=1S/C14H21N3O2/c1-10-7-11(14(15)16-19)4-5-12(10)8-17-6-2-3-13(18)9-17/h4-5,7,13,18-19H,2-3,6,8-9H2,1H3,(H2,15,16). The van der Waals surface area contributed by atoms with Crippen LogP contribution < -0.4 is 5.73 Å². The second-order valence-electron chi connectivity index (χ2n) is 5.16. The number of β-amino-alcohol motifs (C(OH)–C–C–N with tert-alkyl or cyclic N) is 1. The molecule has 1 aromatic rings. The number of piperidine rings is 1. The first kappa shape index (κ1) is 13.8. The van der Waals surface area contributed by atoms with Crippen molar-refractivity contribution in [2.24, 2.45) is 10.9 Å². The molecule has 0 aliphatic carbocycles. The molecule has 1 heterocycles. The van der Waals surface area contributed by atoms with Crippen LogP contribution in [0.3, 0.4) is 0 Å². The first-order valence-electron chi connectivity index (χ1n) is 6.58. The van der Waals surface area contributed by atoms with Crippen LogP contribution in [0.25, 0.3) is 0 Å². The van der Waals surface area contributed by atoms with Gasteiger partial charge in [0.15, 0.2) is 5.84 Å². The van der Waals surface area contributed by atoms with Crippen LogP contribution in [0.5, 0.6) is 0 Å². The minimum absolute atomic E-state index is 0.128. The summed E-state index contributed by atoms with van der Waals surface area (Å²) in [6.45, 7) is 4.61. The minimum Gasteiger partial charge on any atom is -0.409 e. The summed E-state index contributed by atoms with van der Waals surface area (Å²) in [7, 11) is 0. The van der Waals surface area contributed by atoms with Crippen LogP contribution in [0.2, 0.25) is 0 Å². The molecule has 1 aliphatic heterocycles. The Labute approximate surface area is 113 Å². The fourth-order valence-corrected chi connectivity index (χ4v) is 2.51. The molecule has 2 rings (SSSR count). The van der Waals surface area contributed by atoms with Crippen molar-refractivity contribution >= 4 is 5.84 Å². The van der Waals surface area contributed by atoms with Crippen molar-refractivity contribution in [2.45, 2.75) is 32.4 Å². The highest BCUT2D eigenvalue weighted by Gasteiger charge is 2.18. The van der Waals surface area contributed by atoms with E-state index < -0.39 is 0 Å². The number of nitrogens with two attached hydrogens (primary N) is 1. The molecule has 1 saturated heterocycles. The summed E-state index contributed by atoms with van der Waals surface area (Å²) in [4.78, 5) is 2.26. The number of rotatable bonds is 3. The molecule has 1 atom stereocenters. The summed E-state index contributed by atoms with van der Waals surface area (Å²) in [5.74, 6) is 0.128. The fourth-order valence-electron chi connectivity index (χ4n) is 2.51. The number of hydrogen-bond acceptors (Lipinski definition) is 4. The van der Waals surface area contributed by atoms with Crippen molar-refractivity contribution in [2.75, 3.05) is 13.1 Å². The van der Waals surface area contributed by atoms with E-state index in [1.807, 2.05) is 25.1 Å². The third kappa shape index (κ3) is 3.45. The predicted molar refractivity (Wildman–Crippen MR) is 74.2 cm³/mol. The summed E-state index contributed by atoms with van der Waals surface area (Å²) in [6, 6.07) is 5.78. The molecule has 0 amide bonds. The van der Waals surface area contributed by atoms with E-state index in [0.29, 0.717) is 0 Å². The minimum atomic E-state index is -0.203. The van der Waals surface area contributed by atoms with E-state index in [2.05, 4.69) is 10.1 Å². The van der Waals surface area contributed by atoms with Crippen LogP contribution in [0.1, 0.15) is 29.5 Å². The van der Waals surface area contributed by atoms with Gasteiger partial charge in [-0.05, 0) is 43.5 Å². The Hall–Kier alpha value is -1.59. The van der Waals surface area contributed by atoms with Crippen molar-refractivity contribution < 1.29 is 10.3 Å². The number of likely N-dealkylation sites (tertiary alicyclic amines) is 1. The highest BCUT2D eigenvalue weighted by atomic mass is 16.4. The third-order valence-electron chi connectivity index (χ3n) is 3.62. The van der Waals surface area contributed by atoms with Gasteiger partial charge in [0.25, 0.3) is 0 Å². The second kappa shape index (κ2) is 6.04. The zero-order valence-electron chi connectivity index (χ0n) is 11.2. The van der Waals surface area contributed by atoms with Crippen molar-refractivity contribution in [3.05, 3.63) is 34.9 Å². The summed E-state index contributed by atoms with van der Waals surface area (Å²) < 4.78 is 0. The van der Waals surface area contributed by atoms with E-state index in [9.17, 15) is 5.11 Å². The quantitative estimate of drug-likeness (QED) is 0.329. The van der Waals surface area contributed by atoms with Crippen molar-refractivity contribution in [3.8, 4) is 0 Å². The summed E-state index contributed by atoms with van der Waals surface area (Å²) in [5.41, 5.74) is 8.62. The van der Waals surface area contributed by atoms with E-state index in [1.165, 1.54) is 5.56 Å². The highest BCUT2D eigenvalue weighted by molar-refractivity contribution is 5.97. The Kier molecular flexibility index (Phi) is 4.39. The van der Waals surface area contributed by atoms with Gasteiger partial charge in [-0.25, -0.2) is 0 Å². The molecule has 1 fully saturated rings. The Morgan fingerprint density at radius 3 is 2.95 bits per heavy atom. The molecular formula is C14H21N3O2. The van der Waals surface area contributed by atoms with Crippen LogP contribution in [-0.2, 0) is 6.54 Å². The molecule has 0 spiro atoms. The lowest BCUT2D eigenvalue weighted by Crippen LogP contribution is -2.37. The zero-order valence-corrected chi connectivity index (χ0v) is 11.2. The fraction of sp³-hybridized carbons (Fsp3) is 0.500. The van der Waals surface area contributed by atoms with E-state index in [0.717, 1.165) is 43.6 Å². The summed E-state index contributed by atoms with van der Waals surface area (Å²) >= 11 is 0. The number of aryl methyl sites for hydroxylation is 1. The van der Waals surface area contributed by atoms with Crippen molar-refractivity contribution in [1.82, 2.24) is 4.90 Å². The lowest BCUT2D eigenvalue weighted by Gasteiger charge is -2.30. The second-order valence-corrected chi connectivity index (χ2v) is 5.16. The van der Waals surface area contributed by atoms with Gasteiger partial charge in [0, 0.05) is 18.7 Å². The Balaban J connectivity index is 2.09. The maximum Gasteiger partial charge on any atom is 0.170 e. The highest BCUT2D eigenvalue weighted by Crippen LogP contribution is 2.17. The largest absolute Gasteiger partial charge is 0.409 e. The van der Waals surface area contributed by atoms with Gasteiger partial charge in [0.1, 0.15) is 0 Å². The average molecular weight is 263 g/mol. The normalized spacial score (nSPS) is 21.6. The first-order chi connectivity index (χ1) is 9.10. The van der Waals surface area contributed by atoms with Gasteiger partial charge < -0.3 is 16.0 Å². The Morgan fingerprint density at radius 1 is 1.53 bits per heavy atom. The Morgan fingerprint density at radius 2 is 2.32 bits per heavy atom. The molecule has 4 N–H and O–H groups in total. The van der Waals surface area contributed by atoms with Gasteiger partial charge in [0.2, 0.25) is 0 Å². The lowest BCUT2D eigenvalue weighted by atomic mass is 10.0. The molecular weight excluding hydrogens is 242 g/mol. The first-order valence-corrected chi connectivity index (χ1v) is 6.58. The van der Waals surface area contributed by atoms with Crippen molar-refractivity contribution in [3.63, 3.8) is 0 Å². The number of hydrogen-bond donors (Lipinski definition) is 3. The van der Waals surface area contributed by atoms with Crippen LogP contribution >= 0.6 is 0 Å². The molecule has 0 bridgehead atoms. The van der Waals surface area contributed by atoms with Gasteiger partial charge in [-0.15, -0.1) is 0 Å². The molecule has 5 heteroatoms. The monoisotopic (exact) mass is 263 g/mol. The molecule has 0 radical (unpaired) electrons. The zero-order chi connectivity index (χ0) is 13.8. The van der Waals surface area contributed by atoms with Gasteiger partial charge in [-0.2, -0.15) is 0 Å². The SMILES string of the molecule is Cc1cc(/C(N)=N/O)ccc1CN1CCCC(O)C1. The maximum absolute atomic E-state index is 9.67. The van der Waals surface area contributed by atoms with E-state index in [4.69, 9.17) is 10.9 Å². The van der Waals surface area contributed by atoms with Gasteiger partial charge in [-0.1, -0.05) is 17.3 Å². The molecule has 19 heavy (non-hydrogen) atoms. The number of benzene rings is 1. The lowest BCUT2D eigenvalue weighted by molar-refractivity contribution is 0.0667. The number of nitrogens with zero attached hydrogens (tertiary/aromatic N) is 2. The number of oxime groups is 1. The molecule has 0 aromatic heterocycles. The van der Waals surface area contributed by atoms with Gasteiger partial charge >= 0.3 is 0 Å². The smallest absolute Gasteiger partial charge is 0.170 e. The molecule has 5 nitrogen and oxygen atoms in total. The molecule has 104 valence electrons. The average Bonchev–Trinajstić information content (AvgIpc) is 2.40. The third-order valence-corrected chi connectivity index (χ3v) is 3.62. The predicted octanol–water partition coefficient (Wildman–Crippen LogP) is 1.05. The van der Waals surface area contributed by atoms with E-state index in [-0.39, 0.29) is 11.9 Å². The van der Waals surface area contributed by atoms with Gasteiger partial charge in [0.05, 0.1) is 6.10 Å². The molecule has 1 unspecified atom stereocenters. The summed E-state index contributed by atoms with van der Waals surface area (Å²) in [5, 5.41) is 21.3. The number of aliphatic hydroxyl groups is 1. The topological polar surface area (TPSA) is 82.1 Å². The Bertz CT molecular complexity index is 474. The van der Waals surface area contributed by atoms with Gasteiger partial charge in [-0.3, -0.25) is 4.90 Å². The number of aliphatic hydroxyl groups excluding tert-OH is 1. The number of amidine groups is 1. The van der Waals surface area contributed by atoms with Crippen LogP contribution in [0, 0.1) is 6.92 Å². The molecule has 0 saturated carbocycles. The summed E-state index contributed by atoms with van der Waals surface area (Å²) in [6.07, 6.45) is 1.74. The van der Waals surface area contributed by atoms with E-state index >= 15 is 0 Å². The van der Waals surface area contributed by atoms with E-state index in [1.54, 1.807) is 0 Å². The van der Waals surface area contributed by atoms with Crippen LogP contribution in [0.15, 0.2) is 23.4 Å². The maximum atomic E-state index is 9.67. The molecule has 1 aromatic carbocycles. The van der Waals surface area contributed by atoms with Crippen molar-refractivity contribution in [1.29, 1.82) is 0 Å².